The molecule has 0 unspecified atom stereocenters. The van der Waals surface area contributed by atoms with Gasteiger partial charge in [-0.25, -0.2) is 14.1 Å². The summed E-state index contributed by atoms with van der Waals surface area (Å²) < 4.78 is 11.3. The Hall–Kier alpha value is -2.71. The molecule has 3 rings (SSSR count). The Morgan fingerprint density at radius 2 is 1.71 bits per heavy atom. The molecule has 0 saturated carbocycles. The van der Waals surface area contributed by atoms with Crippen LogP contribution in [0.2, 0.25) is 10.0 Å². The van der Waals surface area contributed by atoms with Crippen molar-refractivity contribution in [2.24, 2.45) is 0 Å². The first kappa shape index (κ1) is 20.0. The van der Waals surface area contributed by atoms with Crippen molar-refractivity contribution in [3.63, 3.8) is 0 Å². The zero-order chi connectivity index (χ0) is 20.4. The van der Waals surface area contributed by atoms with Crippen LogP contribution in [0.15, 0.2) is 18.2 Å². The molecule has 8 nitrogen and oxygen atoms in total. The van der Waals surface area contributed by atoms with Crippen LogP contribution in [0.25, 0.3) is 16.8 Å². The Balaban J connectivity index is 2.29. The first-order chi connectivity index (χ1) is 13.4. The van der Waals surface area contributed by atoms with Crippen molar-refractivity contribution in [3.8, 4) is 11.1 Å². The zero-order valence-corrected chi connectivity index (χ0v) is 16.8. The fraction of sp³-hybridized carbons (Fsp3) is 0.278. The average Bonchev–Trinajstić information content (AvgIpc) is 2.99. The number of hydrogen-bond acceptors (Lipinski definition) is 7. The van der Waals surface area contributed by atoms with Crippen LogP contribution in [0.5, 0.6) is 0 Å². The number of aromatic nitrogens is 4. The molecule has 28 heavy (non-hydrogen) atoms. The van der Waals surface area contributed by atoms with Gasteiger partial charge in [-0.15, -0.1) is 10.2 Å². The van der Waals surface area contributed by atoms with Crippen molar-refractivity contribution in [3.05, 3.63) is 45.3 Å². The van der Waals surface area contributed by atoms with E-state index < -0.39 is 11.9 Å². The lowest BCUT2D eigenvalue weighted by atomic mass is 10.1. The van der Waals surface area contributed by atoms with E-state index >= 15 is 0 Å². The van der Waals surface area contributed by atoms with Gasteiger partial charge in [0.25, 0.3) is 0 Å². The first-order valence-electron chi connectivity index (χ1n) is 8.44. The third kappa shape index (κ3) is 3.53. The van der Waals surface area contributed by atoms with Crippen LogP contribution in [0.3, 0.4) is 0 Å². The van der Waals surface area contributed by atoms with Crippen LogP contribution < -0.4 is 0 Å². The van der Waals surface area contributed by atoms with Crippen LogP contribution >= 0.6 is 23.2 Å². The molecule has 0 aliphatic carbocycles. The molecule has 0 atom stereocenters. The van der Waals surface area contributed by atoms with Crippen molar-refractivity contribution in [1.82, 2.24) is 19.8 Å². The minimum atomic E-state index is -0.788. The van der Waals surface area contributed by atoms with Gasteiger partial charge in [-0.1, -0.05) is 29.3 Å². The summed E-state index contributed by atoms with van der Waals surface area (Å²) in [4.78, 5) is 24.8. The van der Waals surface area contributed by atoms with Crippen molar-refractivity contribution in [2.45, 2.75) is 20.8 Å². The molecule has 0 saturated heterocycles. The number of rotatable bonds is 5. The molecule has 2 heterocycles. The molecule has 0 N–H and O–H groups in total. The lowest BCUT2D eigenvalue weighted by Crippen LogP contribution is -2.21. The molecule has 0 spiro atoms. The van der Waals surface area contributed by atoms with Crippen LogP contribution in [-0.4, -0.2) is 45.0 Å². The van der Waals surface area contributed by atoms with Gasteiger partial charge in [0.15, 0.2) is 11.3 Å². The van der Waals surface area contributed by atoms with E-state index in [1.165, 1.54) is 4.52 Å². The Kier molecular flexibility index (Phi) is 5.81. The van der Waals surface area contributed by atoms with Crippen LogP contribution in [0, 0.1) is 6.92 Å². The van der Waals surface area contributed by atoms with E-state index in [4.69, 9.17) is 32.7 Å². The van der Waals surface area contributed by atoms with Crippen molar-refractivity contribution < 1.29 is 19.1 Å². The third-order valence-corrected chi connectivity index (χ3v) is 4.60. The summed E-state index contributed by atoms with van der Waals surface area (Å²) in [5.74, 6) is -1.54. The number of fused-ring (bicyclic) bond motifs is 1. The second-order valence-electron chi connectivity index (χ2n) is 5.66. The summed E-state index contributed by atoms with van der Waals surface area (Å²) >= 11 is 12.1. The van der Waals surface area contributed by atoms with Crippen LogP contribution in [0.1, 0.15) is 40.5 Å². The lowest BCUT2D eigenvalue weighted by molar-refractivity contribution is 0.0463. The van der Waals surface area contributed by atoms with Crippen LogP contribution in [-0.2, 0) is 9.47 Å². The number of halogens is 2. The molecular formula is C18H16Cl2N4O4. The number of carbonyl (C=O) groups excluding carboxylic acids is 2. The van der Waals surface area contributed by atoms with E-state index in [1.54, 1.807) is 39.0 Å². The lowest BCUT2D eigenvalue weighted by Gasteiger charge is -2.09. The van der Waals surface area contributed by atoms with Crippen molar-refractivity contribution >= 4 is 40.8 Å². The normalized spacial score (nSPS) is 10.9. The van der Waals surface area contributed by atoms with Gasteiger partial charge in [0, 0.05) is 0 Å². The quantitative estimate of drug-likeness (QED) is 0.577. The topological polar surface area (TPSA) is 95.7 Å². The zero-order valence-electron chi connectivity index (χ0n) is 15.3. The molecule has 0 aliphatic heterocycles. The Morgan fingerprint density at radius 1 is 1.04 bits per heavy atom. The molecule has 10 heteroatoms. The molecular weight excluding hydrogens is 407 g/mol. The number of esters is 2. The van der Waals surface area contributed by atoms with Gasteiger partial charge in [-0.05, 0) is 38.5 Å². The first-order valence-corrected chi connectivity index (χ1v) is 9.20. The van der Waals surface area contributed by atoms with Gasteiger partial charge >= 0.3 is 11.9 Å². The summed E-state index contributed by atoms with van der Waals surface area (Å²) in [5, 5.41) is 13.2. The number of aryl methyl sites for hydroxylation is 1. The van der Waals surface area contributed by atoms with E-state index in [1.807, 2.05) is 0 Å². The van der Waals surface area contributed by atoms with Crippen LogP contribution in [0.4, 0.5) is 0 Å². The molecule has 1 aromatic carbocycles. The maximum absolute atomic E-state index is 12.5. The smallest absolute Gasteiger partial charge is 0.361 e. The average molecular weight is 423 g/mol. The fourth-order valence-corrected chi connectivity index (χ4v) is 3.02. The van der Waals surface area contributed by atoms with E-state index in [0.29, 0.717) is 26.9 Å². The van der Waals surface area contributed by atoms with Gasteiger partial charge < -0.3 is 9.47 Å². The summed E-state index contributed by atoms with van der Waals surface area (Å²) in [6, 6.07) is 5.07. The van der Waals surface area contributed by atoms with Crippen molar-refractivity contribution in [2.75, 3.05) is 13.2 Å². The molecule has 0 fully saturated rings. The van der Waals surface area contributed by atoms with E-state index in [2.05, 4.69) is 15.3 Å². The third-order valence-electron chi connectivity index (χ3n) is 3.86. The molecule has 0 amide bonds. The number of ether oxygens (including phenoxy) is 2. The molecule has 0 aliphatic rings. The van der Waals surface area contributed by atoms with Gasteiger partial charge in [0.1, 0.15) is 0 Å². The van der Waals surface area contributed by atoms with Gasteiger partial charge in [0.05, 0.1) is 34.5 Å². The van der Waals surface area contributed by atoms with E-state index in [9.17, 15) is 9.59 Å². The number of hydrogen-bond donors (Lipinski definition) is 0. The second kappa shape index (κ2) is 8.12. The van der Waals surface area contributed by atoms with Crippen molar-refractivity contribution in [1.29, 1.82) is 0 Å². The molecule has 2 aromatic heterocycles. The fourth-order valence-electron chi connectivity index (χ4n) is 2.72. The Bertz CT molecular complexity index is 1080. The predicted molar refractivity (Wildman–Crippen MR) is 103 cm³/mol. The largest absolute Gasteiger partial charge is 0.461 e. The summed E-state index contributed by atoms with van der Waals surface area (Å²) in [7, 11) is 0. The highest BCUT2D eigenvalue weighted by Crippen LogP contribution is 2.32. The summed E-state index contributed by atoms with van der Waals surface area (Å²) in [5.41, 5.74) is 1.70. The van der Waals surface area contributed by atoms with E-state index in [-0.39, 0.29) is 30.2 Å². The predicted octanol–water partition coefficient (Wildman–Crippen LogP) is 3.76. The highest BCUT2D eigenvalue weighted by molar-refractivity contribution is 6.42. The van der Waals surface area contributed by atoms with E-state index in [0.717, 1.165) is 0 Å². The molecule has 146 valence electrons. The number of carbonyl (C=O) groups is 2. The Labute approximate surface area is 170 Å². The number of benzene rings is 1. The molecule has 0 radical (unpaired) electrons. The standard InChI is InChI=1S/C18H16Cl2N4O4/c1-4-27-17(25)14-15(18(26)28-5-2)24-16(22-21-14)13(9(3)23-24)10-6-7-11(19)12(20)8-10/h6-8H,4-5H2,1-3H3. The highest BCUT2D eigenvalue weighted by Gasteiger charge is 2.28. The molecule has 0 bridgehead atoms. The summed E-state index contributed by atoms with van der Waals surface area (Å²) in [6.45, 7) is 5.28. The van der Waals surface area contributed by atoms with Gasteiger partial charge in [-0.3, -0.25) is 0 Å². The molecule has 3 aromatic rings. The minimum absolute atomic E-state index is 0.116. The minimum Gasteiger partial charge on any atom is -0.461 e. The van der Waals surface area contributed by atoms with Gasteiger partial charge in [0.2, 0.25) is 5.69 Å². The number of nitrogens with zero attached hydrogens (tertiary/aromatic N) is 4. The summed E-state index contributed by atoms with van der Waals surface area (Å²) in [6.07, 6.45) is 0. The maximum atomic E-state index is 12.5. The monoisotopic (exact) mass is 422 g/mol. The SMILES string of the molecule is CCOC(=O)c1nnc2c(-c3ccc(Cl)c(Cl)c3)c(C)nn2c1C(=O)OCC. The maximum Gasteiger partial charge on any atom is 0.361 e. The Morgan fingerprint density at radius 3 is 2.36 bits per heavy atom. The van der Waals surface area contributed by atoms with Gasteiger partial charge in [-0.2, -0.15) is 5.10 Å². The highest BCUT2D eigenvalue weighted by atomic mass is 35.5. The second-order valence-corrected chi connectivity index (χ2v) is 6.48.